The van der Waals surface area contributed by atoms with Crippen molar-refractivity contribution in [2.75, 3.05) is 19.6 Å². The quantitative estimate of drug-likeness (QED) is 0.525. The van der Waals surface area contributed by atoms with E-state index in [2.05, 4.69) is 0 Å². The molecule has 10 heteroatoms. The van der Waals surface area contributed by atoms with Gasteiger partial charge in [-0.1, -0.05) is 26.0 Å². The van der Waals surface area contributed by atoms with Crippen molar-refractivity contribution in [3.8, 4) is 0 Å². The van der Waals surface area contributed by atoms with E-state index in [9.17, 15) is 18.0 Å². The standard InChI is InChI=1S/C22H26N4O4S2/c1-3-25(4-2)32(29,30)16-11-12-20(27)24(14-16)15-21(28)26-13-7-9-18(26)22-23-17-8-5-6-10-19(17)31-22/h5-6,8,10-12,14,18H,3-4,7,9,13,15H2,1-2H3/t18-/m1/s1. The van der Waals surface area contributed by atoms with Crippen LogP contribution in [0.3, 0.4) is 0 Å². The summed E-state index contributed by atoms with van der Waals surface area (Å²) in [5.74, 6) is -0.216. The Morgan fingerprint density at radius 2 is 1.94 bits per heavy atom. The van der Waals surface area contributed by atoms with Crippen LogP contribution in [0.2, 0.25) is 0 Å². The SMILES string of the molecule is CCN(CC)S(=O)(=O)c1ccc(=O)n(CC(=O)N2CCC[C@@H]2c2nc3ccccc3s2)c1. The molecule has 0 unspecified atom stereocenters. The lowest BCUT2D eigenvalue weighted by Gasteiger charge is -2.24. The Kier molecular flexibility index (Phi) is 6.45. The maximum absolute atomic E-state index is 13.2. The van der Waals surface area contributed by atoms with E-state index in [-0.39, 0.29) is 23.4 Å². The van der Waals surface area contributed by atoms with E-state index < -0.39 is 15.6 Å². The number of thiazole rings is 1. The normalized spacial score (nSPS) is 16.8. The Balaban J connectivity index is 1.58. The number of fused-ring (bicyclic) bond motifs is 1. The second-order valence-electron chi connectivity index (χ2n) is 7.69. The van der Waals surface area contributed by atoms with Gasteiger partial charge < -0.3 is 9.47 Å². The lowest BCUT2D eigenvalue weighted by atomic mass is 10.2. The zero-order valence-corrected chi connectivity index (χ0v) is 19.7. The van der Waals surface area contributed by atoms with E-state index >= 15 is 0 Å². The first kappa shape index (κ1) is 22.6. The molecule has 32 heavy (non-hydrogen) atoms. The number of carbonyl (C=O) groups is 1. The van der Waals surface area contributed by atoms with Crippen LogP contribution in [0, 0.1) is 0 Å². The van der Waals surface area contributed by atoms with Crippen molar-refractivity contribution in [2.45, 2.75) is 44.2 Å². The van der Waals surface area contributed by atoms with Crippen LogP contribution in [-0.2, 0) is 21.4 Å². The van der Waals surface area contributed by atoms with Crippen LogP contribution in [0.4, 0.5) is 0 Å². The van der Waals surface area contributed by atoms with Gasteiger partial charge in [0.2, 0.25) is 15.9 Å². The number of pyridine rings is 1. The predicted molar refractivity (Wildman–Crippen MR) is 124 cm³/mol. The molecule has 0 spiro atoms. The first-order valence-electron chi connectivity index (χ1n) is 10.7. The van der Waals surface area contributed by atoms with Crippen LogP contribution in [0.5, 0.6) is 0 Å². The first-order chi connectivity index (χ1) is 15.3. The van der Waals surface area contributed by atoms with E-state index in [1.807, 2.05) is 24.3 Å². The average Bonchev–Trinajstić information content (AvgIpc) is 3.42. The minimum absolute atomic E-state index is 0.0118. The average molecular weight is 475 g/mol. The number of likely N-dealkylation sites (tertiary alicyclic amines) is 1. The van der Waals surface area contributed by atoms with Gasteiger partial charge in [0.05, 0.1) is 21.2 Å². The van der Waals surface area contributed by atoms with Gasteiger partial charge in [0, 0.05) is 31.9 Å². The van der Waals surface area contributed by atoms with Gasteiger partial charge in [0.15, 0.2) is 0 Å². The highest BCUT2D eigenvalue weighted by Crippen LogP contribution is 2.36. The van der Waals surface area contributed by atoms with Crippen molar-refractivity contribution in [3.63, 3.8) is 0 Å². The molecule has 1 aliphatic heterocycles. The van der Waals surface area contributed by atoms with Gasteiger partial charge in [-0.25, -0.2) is 13.4 Å². The Hall–Kier alpha value is -2.56. The van der Waals surface area contributed by atoms with Gasteiger partial charge >= 0.3 is 0 Å². The minimum Gasteiger partial charge on any atom is -0.332 e. The Labute approximate surface area is 191 Å². The molecule has 2 aromatic heterocycles. The van der Waals surface area contributed by atoms with Gasteiger partial charge in [-0.3, -0.25) is 9.59 Å². The molecule has 8 nitrogen and oxygen atoms in total. The van der Waals surface area contributed by atoms with Crippen LogP contribution >= 0.6 is 11.3 Å². The van der Waals surface area contributed by atoms with Crippen molar-refractivity contribution < 1.29 is 13.2 Å². The molecule has 1 aromatic carbocycles. The summed E-state index contributed by atoms with van der Waals surface area (Å²) in [6, 6.07) is 10.3. The molecule has 4 rings (SSSR count). The van der Waals surface area contributed by atoms with Crippen LogP contribution in [0.15, 0.2) is 52.3 Å². The number of nitrogens with zero attached hydrogens (tertiary/aromatic N) is 4. The highest BCUT2D eigenvalue weighted by atomic mass is 32.2. The van der Waals surface area contributed by atoms with Crippen molar-refractivity contribution in [3.05, 3.63) is 58.0 Å². The van der Waals surface area contributed by atoms with Crippen LogP contribution in [0.25, 0.3) is 10.2 Å². The van der Waals surface area contributed by atoms with Gasteiger partial charge in [-0.05, 0) is 31.0 Å². The molecule has 170 valence electrons. The molecule has 1 fully saturated rings. The lowest BCUT2D eigenvalue weighted by Crippen LogP contribution is -2.36. The van der Waals surface area contributed by atoms with Crippen LogP contribution in [-0.4, -0.2) is 52.7 Å². The highest BCUT2D eigenvalue weighted by molar-refractivity contribution is 7.89. The van der Waals surface area contributed by atoms with Crippen molar-refractivity contribution >= 4 is 37.5 Å². The van der Waals surface area contributed by atoms with E-state index in [1.54, 1.807) is 30.1 Å². The number of hydrogen-bond acceptors (Lipinski definition) is 6. The highest BCUT2D eigenvalue weighted by Gasteiger charge is 2.32. The molecule has 0 N–H and O–H groups in total. The Morgan fingerprint density at radius 3 is 2.66 bits per heavy atom. The summed E-state index contributed by atoms with van der Waals surface area (Å²) in [4.78, 5) is 32.0. The largest absolute Gasteiger partial charge is 0.332 e. The van der Waals surface area contributed by atoms with E-state index in [0.717, 1.165) is 28.1 Å². The smallest absolute Gasteiger partial charge is 0.251 e. The number of benzene rings is 1. The summed E-state index contributed by atoms with van der Waals surface area (Å²) < 4.78 is 29.2. The number of sulfonamides is 1. The summed E-state index contributed by atoms with van der Waals surface area (Å²) in [6.07, 6.45) is 2.95. The second-order valence-corrected chi connectivity index (χ2v) is 10.7. The fraction of sp³-hybridized carbons (Fsp3) is 0.409. The summed E-state index contributed by atoms with van der Waals surface area (Å²) >= 11 is 1.58. The summed E-state index contributed by atoms with van der Waals surface area (Å²) in [5.41, 5.74) is 0.505. The molecule has 1 amide bonds. The molecule has 0 aliphatic carbocycles. The maximum atomic E-state index is 13.2. The Bertz CT molecular complexity index is 1260. The van der Waals surface area contributed by atoms with Gasteiger partial charge in [0.1, 0.15) is 11.6 Å². The topological polar surface area (TPSA) is 92.6 Å². The number of rotatable bonds is 7. The van der Waals surface area contributed by atoms with Gasteiger partial charge in [0.25, 0.3) is 5.56 Å². The molecule has 3 heterocycles. The third-order valence-electron chi connectivity index (χ3n) is 5.77. The molecule has 3 aromatic rings. The van der Waals surface area contributed by atoms with Crippen molar-refractivity contribution in [1.29, 1.82) is 0 Å². The number of hydrogen-bond donors (Lipinski definition) is 0. The Morgan fingerprint density at radius 1 is 1.19 bits per heavy atom. The molecule has 1 saturated heterocycles. The van der Waals surface area contributed by atoms with E-state index in [4.69, 9.17) is 4.98 Å². The number of amides is 1. The fourth-order valence-corrected chi connectivity index (χ4v) is 6.68. The number of aromatic nitrogens is 2. The lowest BCUT2D eigenvalue weighted by molar-refractivity contribution is -0.132. The van der Waals surface area contributed by atoms with E-state index in [0.29, 0.717) is 19.6 Å². The zero-order chi connectivity index (χ0) is 22.9. The molecular formula is C22H26N4O4S2. The molecule has 1 aliphatic rings. The molecule has 0 radical (unpaired) electrons. The predicted octanol–water partition coefficient (Wildman–Crippen LogP) is 2.85. The monoisotopic (exact) mass is 474 g/mol. The minimum atomic E-state index is -3.72. The third-order valence-corrected chi connectivity index (χ3v) is 8.94. The molecule has 0 bridgehead atoms. The fourth-order valence-electron chi connectivity index (χ4n) is 4.09. The maximum Gasteiger partial charge on any atom is 0.251 e. The van der Waals surface area contributed by atoms with Gasteiger partial charge in [-0.15, -0.1) is 11.3 Å². The van der Waals surface area contributed by atoms with Crippen molar-refractivity contribution in [2.24, 2.45) is 0 Å². The molecule has 0 saturated carbocycles. The summed E-state index contributed by atoms with van der Waals surface area (Å²) in [6.45, 7) is 4.56. The van der Waals surface area contributed by atoms with Gasteiger partial charge in [-0.2, -0.15) is 4.31 Å². The third kappa shape index (κ3) is 4.22. The van der Waals surface area contributed by atoms with Crippen LogP contribution < -0.4 is 5.56 Å². The number of carbonyl (C=O) groups excluding carboxylic acids is 1. The molecular weight excluding hydrogens is 448 g/mol. The second kappa shape index (κ2) is 9.13. The van der Waals surface area contributed by atoms with Crippen molar-refractivity contribution in [1.82, 2.24) is 18.8 Å². The van der Waals surface area contributed by atoms with E-state index in [1.165, 1.54) is 27.2 Å². The summed E-state index contributed by atoms with van der Waals surface area (Å²) in [5, 5.41) is 0.891. The first-order valence-corrected chi connectivity index (χ1v) is 13.0. The zero-order valence-electron chi connectivity index (χ0n) is 18.1. The summed E-state index contributed by atoms with van der Waals surface area (Å²) in [7, 11) is -3.72. The molecule has 1 atom stereocenters. The van der Waals surface area contributed by atoms with Crippen LogP contribution in [0.1, 0.15) is 37.7 Å². The number of para-hydroxylation sites is 1.